The van der Waals surface area contributed by atoms with Gasteiger partial charge in [-0.05, 0) is 53.0 Å². The van der Waals surface area contributed by atoms with Gasteiger partial charge in [-0.1, -0.05) is 36.4 Å². The van der Waals surface area contributed by atoms with E-state index in [0.29, 0.717) is 20.6 Å². The van der Waals surface area contributed by atoms with E-state index in [2.05, 4.69) is 10.6 Å². The standard InChI is InChI=1S/C21H19BN2O3/c25-21(24-17-4-2-1-3-5-17)23-13-15-6-8-18(9-7-15)27-19-10-11-20-16(12-19)14-26-22-20/h1-12,22H,13-14H2,(H2,23,24,25). The van der Waals surface area contributed by atoms with Crippen molar-refractivity contribution >= 4 is 24.7 Å². The number of ether oxygens (including phenoxy) is 1. The molecule has 0 bridgehead atoms. The maximum absolute atomic E-state index is 11.9. The van der Waals surface area contributed by atoms with Crippen LogP contribution in [0, 0.1) is 0 Å². The lowest BCUT2D eigenvalue weighted by Gasteiger charge is -2.10. The van der Waals surface area contributed by atoms with Crippen LogP contribution in [0.25, 0.3) is 0 Å². The van der Waals surface area contributed by atoms with Gasteiger partial charge in [-0.3, -0.25) is 0 Å². The van der Waals surface area contributed by atoms with E-state index in [1.807, 2.05) is 72.8 Å². The van der Waals surface area contributed by atoms with Crippen molar-refractivity contribution < 1.29 is 14.2 Å². The van der Waals surface area contributed by atoms with Crippen molar-refractivity contribution in [1.29, 1.82) is 0 Å². The number of para-hydroxylation sites is 1. The Kier molecular flexibility index (Phi) is 5.07. The largest absolute Gasteiger partial charge is 0.457 e. The first-order chi connectivity index (χ1) is 13.3. The molecule has 0 spiro atoms. The highest BCUT2D eigenvalue weighted by atomic mass is 16.5. The molecule has 0 atom stereocenters. The smallest absolute Gasteiger partial charge is 0.319 e. The molecule has 2 N–H and O–H groups in total. The molecule has 6 heteroatoms. The topological polar surface area (TPSA) is 59.6 Å². The number of hydrogen-bond acceptors (Lipinski definition) is 3. The first-order valence-corrected chi connectivity index (χ1v) is 8.82. The Balaban J connectivity index is 1.30. The number of carbonyl (C=O) groups excluding carboxylic acids is 1. The van der Waals surface area contributed by atoms with Crippen LogP contribution in [0.1, 0.15) is 11.1 Å². The zero-order chi connectivity index (χ0) is 18.5. The molecule has 1 aliphatic rings. The zero-order valence-corrected chi connectivity index (χ0v) is 14.8. The van der Waals surface area contributed by atoms with E-state index in [1.165, 1.54) is 11.0 Å². The first-order valence-electron chi connectivity index (χ1n) is 8.82. The van der Waals surface area contributed by atoms with Gasteiger partial charge >= 0.3 is 13.5 Å². The molecule has 0 aliphatic carbocycles. The second-order valence-electron chi connectivity index (χ2n) is 6.34. The number of rotatable bonds is 5. The Morgan fingerprint density at radius 1 is 1.00 bits per heavy atom. The lowest BCUT2D eigenvalue weighted by atomic mass is 9.87. The van der Waals surface area contributed by atoms with Gasteiger partial charge in [0.25, 0.3) is 0 Å². The van der Waals surface area contributed by atoms with E-state index in [-0.39, 0.29) is 6.03 Å². The molecule has 0 unspecified atom stereocenters. The van der Waals surface area contributed by atoms with Gasteiger partial charge in [-0.15, -0.1) is 0 Å². The summed E-state index contributed by atoms with van der Waals surface area (Å²) in [4.78, 5) is 11.9. The molecule has 5 nitrogen and oxygen atoms in total. The second kappa shape index (κ2) is 7.97. The Bertz CT molecular complexity index is 930. The molecular formula is C21H19BN2O3. The molecule has 0 radical (unpaired) electrons. The van der Waals surface area contributed by atoms with E-state index >= 15 is 0 Å². The number of carbonyl (C=O) groups is 1. The normalized spacial score (nSPS) is 12.0. The predicted molar refractivity (Wildman–Crippen MR) is 107 cm³/mol. The lowest BCUT2D eigenvalue weighted by molar-refractivity contribution is 0.251. The first kappa shape index (κ1) is 17.2. The van der Waals surface area contributed by atoms with Crippen molar-refractivity contribution in [3.05, 3.63) is 83.9 Å². The highest BCUT2D eigenvalue weighted by molar-refractivity contribution is 6.48. The summed E-state index contributed by atoms with van der Waals surface area (Å²) in [5.41, 5.74) is 4.15. The van der Waals surface area contributed by atoms with Gasteiger partial charge in [0.15, 0.2) is 0 Å². The number of urea groups is 1. The minimum atomic E-state index is -0.234. The van der Waals surface area contributed by atoms with Crippen LogP contribution >= 0.6 is 0 Å². The minimum absolute atomic E-state index is 0.234. The van der Waals surface area contributed by atoms with Gasteiger partial charge in [-0.25, -0.2) is 4.79 Å². The van der Waals surface area contributed by atoms with Crippen LogP contribution in [0.4, 0.5) is 10.5 Å². The number of fused-ring (bicyclic) bond motifs is 1. The summed E-state index contributed by atoms with van der Waals surface area (Å²) in [6.07, 6.45) is 0. The third kappa shape index (κ3) is 4.48. The van der Waals surface area contributed by atoms with Gasteiger partial charge in [0.05, 0.1) is 6.61 Å². The molecule has 2 amide bonds. The summed E-state index contributed by atoms with van der Waals surface area (Å²) in [5.74, 6) is 1.55. The average Bonchev–Trinajstić information content (AvgIpc) is 3.16. The van der Waals surface area contributed by atoms with Crippen molar-refractivity contribution in [3.63, 3.8) is 0 Å². The highest BCUT2D eigenvalue weighted by Gasteiger charge is 2.13. The maximum atomic E-state index is 11.9. The molecule has 1 aliphatic heterocycles. The van der Waals surface area contributed by atoms with Crippen LogP contribution in [-0.4, -0.2) is 13.5 Å². The van der Waals surface area contributed by atoms with Crippen LogP contribution < -0.4 is 20.8 Å². The Hall–Kier alpha value is -3.25. The Labute approximate surface area is 158 Å². The highest BCUT2D eigenvalue weighted by Crippen LogP contribution is 2.23. The number of hydrogen-bond donors (Lipinski definition) is 2. The zero-order valence-electron chi connectivity index (χ0n) is 14.8. The maximum Gasteiger partial charge on any atom is 0.319 e. The molecule has 0 saturated heterocycles. The molecule has 0 saturated carbocycles. The molecule has 0 aromatic heterocycles. The van der Waals surface area contributed by atoms with Crippen LogP contribution in [0.15, 0.2) is 72.8 Å². The SMILES string of the molecule is O=C(NCc1ccc(Oc2ccc3c(c2)COB3)cc1)Nc1ccccc1. The number of nitrogens with one attached hydrogen (secondary N) is 2. The molecular weight excluding hydrogens is 339 g/mol. The summed E-state index contributed by atoms with van der Waals surface area (Å²) >= 11 is 0. The fraction of sp³-hybridized carbons (Fsp3) is 0.0952. The quantitative estimate of drug-likeness (QED) is 0.688. The number of anilines is 1. The Morgan fingerprint density at radius 3 is 2.59 bits per heavy atom. The summed E-state index contributed by atoms with van der Waals surface area (Å²) in [6.45, 7) is 1.08. The monoisotopic (exact) mass is 358 g/mol. The molecule has 134 valence electrons. The van der Waals surface area contributed by atoms with Crippen molar-refractivity contribution in [2.45, 2.75) is 13.2 Å². The summed E-state index contributed by atoms with van der Waals surface area (Å²) in [5, 5.41) is 5.63. The molecule has 27 heavy (non-hydrogen) atoms. The summed E-state index contributed by atoms with van der Waals surface area (Å²) in [6, 6.07) is 22.8. The van der Waals surface area contributed by atoms with Gasteiger partial charge in [0.2, 0.25) is 0 Å². The van der Waals surface area contributed by atoms with Crippen molar-refractivity contribution in [2.75, 3.05) is 5.32 Å². The number of amides is 2. The third-order valence-corrected chi connectivity index (χ3v) is 4.34. The van der Waals surface area contributed by atoms with Crippen LogP contribution in [0.5, 0.6) is 11.5 Å². The minimum Gasteiger partial charge on any atom is -0.457 e. The summed E-state index contributed by atoms with van der Waals surface area (Å²) in [7, 11) is 0.676. The van der Waals surface area contributed by atoms with Gasteiger partial charge in [0, 0.05) is 12.2 Å². The second-order valence-corrected chi connectivity index (χ2v) is 6.34. The van der Waals surface area contributed by atoms with E-state index in [9.17, 15) is 4.79 Å². The van der Waals surface area contributed by atoms with Gasteiger partial charge in [0.1, 0.15) is 11.5 Å². The van der Waals surface area contributed by atoms with E-state index in [1.54, 1.807) is 0 Å². The predicted octanol–water partition coefficient (Wildman–Crippen LogP) is 3.31. The number of benzene rings is 3. The molecule has 3 aromatic carbocycles. The molecule has 3 aromatic rings. The van der Waals surface area contributed by atoms with Crippen LogP contribution in [0.2, 0.25) is 0 Å². The van der Waals surface area contributed by atoms with E-state index in [4.69, 9.17) is 9.39 Å². The van der Waals surface area contributed by atoms with Crippen LogP contribution in [0.3, 0.4) is 0 Å². The summed E-state index contributed by atoms with van der Waals surface area (Å²) < 4.78 is 11.3. The fourth-order valence-electron chi connectivity index (χ4n) is 2.90. The van der Waals surface area contributed by atoms with Crippen molar-refractivity contribution in [3.8, 4) is 11.5 Å². The fourth-order valence-corrected chi connectivity index (χ4v) is 2.90. The molecule has 4 rings (SSSR count). The van der Waals surface area contributed by atoms with E-state index in [0.717, 1.165) is 22.7 Å². The van der Waals surface area contributed by atoms with Crippen molar-refractivity contribution in [1.82, 2.24) is 5.32 Å². The van der Waals surface area contributed by atoms with E-state index < -0.39 is 0 Å². The average molecular weight is 358 g/mol. The van der Waals surface area contributed by atoms with Gasteiger partial charge in [-0.2, -0.15) is 0 Å². The van der Waals surface area contributed by atoms with Crippen LogP contribution in [-0.2, 0) is 17.8 Å². The van der Waals surface area contributed by atoms with Crippen molar-refractivity contribution in [2.24, 2.45) is 0 Å². The lowest BCUT2D eigenvalue weighted by Crippen LogP contribution is -2.28. The molecule has 0 fully saturated rings. The molecule has 1 heterocycles. The Morgan fingerprint density at radius 2 is 1.78 bits per heavy atom. The third-order valence-electron chi connectivity index (χ3n) is 4.34. The van der Waals surface area contributed by atoms with Gasteiger partial charge < -0.3 is 20.0 Å².